The minimum Gasteiger partial charge on any atom is -0.390 e. The molecule has 2 fully saturated rings. The van der Waals surface area contributed by atoms with Crippen LogP contribution in [-0.4, -0.2) is 59.1 Å². The van der Waals surface area contributed by atoms with Crippen molar-refractivity contribution in [2.24, 2.45) is 5.92 Å². The quantitative estimate of drug-likeness (QED) is 0.426. The number of benzene rings is 2. The van der Waals surface area contributed by atoms with E-state index in [0.29, 0.717) is 5.92 Å². The summed E-state index contributed by atoms with van der Waals surface area (Å²) in [4.78, 5) is 17.3. The second-order valence-electron chi connectivity index (χ2n) is 10.4. The average Bonchev–Trinajstić information content (AvgIpc) is 3.62. The van der Waals surface area contributed by atoms with E-state index < -0.39 is 5.60 Å². The monoisotopic (exact) mass is 504 g/mol. The van der Waals surface area contributed by atoms with Crippen LogP contribution in [0.2, 0.25) is 0 Å². The van der Waals surface area contributed by atoms with E-state index in [2.05, 4.69) is 35.2 Å². The second-order valence-corrected chi connectivity index (χ2v) is 11.2. The number of carbonyl (C=O) groups excluding carboxylic acids is 1. The molecular weight excluding hydrogens is 464 g/mol. The van der Waals surface area contributed by atoms with Crippen LogP contribution in [0.4, 0.5) is 0 Å². The normalized spacial score (nSPS) is 19.5. The molecule has 1 amide bonds. The van der Waals surface area contributed by atoms with Gasteiger partial charge < -0.3 is 14.9 Å². The number of piperidine rings is 1. The highest BCUT2D eigenvalue weighted by atomic mass is 32.1. The summed E-state index contributed by atoms with van der Waals surface area (Å²) in [5.41, 5.74) is 2.83. The summed E-state index contributed by atoms with van der Waals surface area (Å²) >= 11 is 1.71. The minimum absolute atomic E-state index is 0.161. The zero-order valence-electron chi connectivity index (χ0n) is 21.5. The third-order valence-corrected chi connectivity index (χ3v) is 8.18. The van der Waals surface area contributed by atoms with Gasteiger partial charge in [0.1, 0.15) is 0 Å². The van der Waals surface area contributed by atoms with Crippen molar-refractivity contribution in [2.45, 2.75) is 51.0 Å². The van der Waals surface area contributed by atoms with Crippen LogP contribution in [0.25, 0.3) is 0 Å². The number of rotatable bonds is 7. The summed E-state index contributed by atoms with van der Waals surface area (Å²) in [7, 11) is 0. The Morgan fingerprint density at radius 1 is 0.972 bits per heavy atom. The van der Waals surface area contributed by atoms with Crippen molar-refractivity contribution in [1.29, 1.82) is 0 Å². The van der Waals surface area contributed by atoms with Crippen molar-refractivity contribution in [3.05, 3.63) is 94.2 Å². The van der Waals surface area contributed by atoms with Gasteiger partial charge in [-0.25, -0.2) is 0 Å². The molecule has 2 saturated heterocycles. The van der Waals surface area contributed by atoms with Crippen molar-refractivity contribution in [2.75, 3.05) is 32.7 Å². The van der Waals surface area contributed by atoms with Gasteiger partial charge in [-0.3, -0.25) is 4.79 Å². The molecule has 192 valence electrons. The molecule has 3 aromatic rings. The maximum absolute atomic E-state index is 12.8. The van der Waals surface area contributed by atoms with E-state index >= 15 is 0 Å². The second kappa shape index (κ2) is 13.2. The Hall–Kier alpha value is -2.47. The first kappa shape index (κ1) is 26.6. The van der Waals surface area contributed by atoms with E-state index in [4.69, 9.17) is 0 Å². The fourth-order valence-electron chi connectivity index (χ4n) is 5.30. The Bertz CT molecular complexity index is 1010. The highest BCUT2D eigenvalue weighted by molar-refractivity contribution is 7.07. The Kier molecular flexibility index (Phi) is 9.74. The largest absolute Gasteiger partial charge is 0.390 e. The number of thiophene rings is 1. The zero-order valence-corrected chi connectivity index (χ0v) is 22.3. The van der Waals surface area contributed by atoms with Crippen LogP contribution >= 0.6 is 11.3 Å². The smallest absolute Gasteiger partial charge is 0.253 e. The molecule has 2 aromatic carbocycles. The number of likely N-dealkylation sites (tertiary alicyclic amines) is 2. The predicted molar refractivity (Wildman–Crippen MR) is 150 cm³/mol. The highest BCUT2D eigenvalue weighted by Crippen LogP contribution is 2.29. The van der Waals surface area contributed by atoms with Crippen LogP contribution < -0.4 is 0 Å². The topological polar surface area (TPSA) is 43.8 Å². The van der Waals surface area contributed by atoms with Gasteiger partial charge in [0.15, 0.2) is 0 Å². The maximum atomic E-state index is 12.8. The summed E-state index contributed by atoms with van der Waals surface area (Å²) in [6.45, 7) is 6.72. The molecule has 2 aliphatic heterocycles. The number of hydrogen-bond acceptors (Lipinski definition) is 4. The lowest BCUT2D eigenvalue weighted by Gasteiger charge is -2.39. The molecule has 1 atom stereocenters. The lowest BCUT2D eigenvalue weighted by molar-refractivity contribution is -0.0312. The zero-order chi connectivity index (χ0) is 25.2. The molecule has 5 heteroatoms. The Morgan fingerprint density at radius 3 is 2.31 bits per heavy atom. The van der Waals surface area contributed by atoms with E-state index in [0.717, 1.165) is 76.8 Å². The SMILES string of the molecule is Cc1ccc(C(=O)N2CC[C@H](CN3CCC(O)(CCCc4ccccc4)CC3)C2)cc1.c1ccsc1. The van der Waals surface area contributed by atoms with Crippen LogP contribution in [0.15, 0.2) is 77.5 Å². The summed E-state index contributed by atoms with van der Waals surface area (Å²) in [5.74, 6) is 0.701. The van der Waals surface area contributed by atoms with Gasteiger partial charge in [0.05, 0.1) is 5.60 Å². The van der Waals surface area contributed by atoms with Crippen molar-refractivity contribution in [3.63, 3.8) is 0 Å². The molecule has 0 saturated carbocycles. The third-order valence-electron chi connectivity index (χ3n) is 7.55. The molecule has 2 aliphatic rings. The average molecular weight is 505 g/mol. The van der Waals surface area contributed by atoms with E-state index in [1.807, 2.05) is 59.0 Å². The molecule has 4 nitrogen and oxygen atoms in total. The lowest BCUT2D eigenvalue weighted by Crippen LogP contribution is -2.46. The standard InChI is InChI=1S/C27H36N2O2.C4H4S/c1-22-9-11-25(12-10-22)26(30)29-17-13-24(21-29)20-28-18-15-27(31,16-19-28)14-5-8-23-6-3-2-4-7-23;1-2-4-5-3-1/h2-4,6-7,9-12,24,31H,5,8,13-21H2,1H3;1-4H/t24-;/m1./s1. The molecule has 0 aliphatic carbocycles. The molecule has 1 aromatic heterocycles. The number of amides is 1. The van der Waals surface area contributed by atoms with Gasteiger partial charge in [0.25, 0.3) is 5.91 Å². The van der Waals surface area contributed by atoms with Crippen LogP contribution in [0.1, 0.15) is 53.6 Å². The van der Waals surface area contributed by atoms with Gasteiger partial charge in [0, 0.05) is 38.3 Å². The number of hydrogen-bond donors (Lipinski definition) is 1. The fourth-order valence-corrected chi connectivity index (χ4v) is 5.76. The van der Waals surface area contributed by atoms with Crippen LogP contribution in [0.5, 0.6) is 0 Å². The van der Waals surface area contributed by atoms with Gasteiger partial charge in [-0.15, -0.1) is 0 Å². The Morgan fingerprint density at radius 2 is 1.67 bits per heavy atom. The number of carbonyl (C=O) groups is 1. The van der Waals surface area contributed by atoms with E-state index in [9.17, 15) is 9.90 Å². The molecule has 3 heterocycles. The fraction of sp³-hybridized carbons (Fsp3) is 0.452. The van der Waals surface area contributed by atoms with Gasteiger partial charge in [0.2, 0.25) is 0 Å². The first-order chi connectivity index (χ1) is 17.5. The van der Waals surface area contributed by atoms with Crippen LogP contribution in [-0.2, 0) is 6.42 Å². The molecule has 0 radical (unpaired) electrons. The molecule has 0 unspecified atom stereocenters. The van der Waals surface area contributed by atoms with Crippen molar-refractivity contribution >= 4 is 17.2 Å². The molecule has 0 spiro atoms. The molecule has 1 N–H and O–H groups in total. The van der Waals surface area contributed by atoms with Gasteiger partial charge in [-0.1, -0.05) is 60.2 Å². The summed E-state index contributed by atoms with van der Waals surface area (Å²) in [5, 5.41) is 15.1. The molecule has 0 bridgehead atoms. The summed E-state index contributed by atoms with van der Waals surface area (Å²) in [6, 6.07) is 22.5. The van der Waals surface area contributed by atoms with E-state index in [1.165, 1.54) is 11.1 Å². The van der Waals surface area contributed by atoms with E-state index in [1.54, 1.807) is 11.3 Å². The Labute approximate surface area is 220 Å². The first-order valence-corrected chi connectivity index (χ1v) is 14.3. The first-order valence-electron chi connectivity index (χ1n) is 13.3. The lowest BCUT2D eigenvalue weighted by atomic mass is 9.85. The molecule has 36 heavy (non-hydrogen) atoms. The van der Waals surface area contributed by atoms with Crippen LogP contribution in [0, 0.1) is 12.8 Å². The van der Waals surface area contributed by atoms with E-state index in [-0.39, 0.29) is 5.91 Å². The predicted octanol–water partition coefficient (Wildman–Crippen LogP) is 6.06. The summed E-state index contributed by atoms with van der Waals surface area (Å²) in [6.07, 6.45) is 5.77. The van der Waals surface area contributed by atoms with Crippen molar-refractivity contribution in [1.82, 2.24) is 9.80 Å². The number of nitrogens with zero attached hydrogens (tertiary/aromatic N) is 2. The third kappa shape index (κ3) is 8.02. The number of aryl methyl sites for hydroxylation is 2. The summed E-state index contributed by atoms with van der Waals surface area (Å²) < 4.78 is 0. The van der Waals surface area contributed by atoms with Gasteiger partial charge >= 0.3 is 0 Å². The Balaban J connectivity index is 0.000000543. The van der Waals surface area contributed by atoms with Crippen LogP contribution in [0.3, 0.4) is 0 Å². The minimum atomic E-state index is -0.506. The maximum Gasteiger partial charge on any atom is 0.253 e. The van der Waals surface area contributed by atoms with Crippen molar-refractivity contribution in [3.8, 4) is 0 Å². The molecular formula is C31H40N2O2S. The number of aliphatic hydroxyl groups is 1. The highest BCUT2D eigenvalue weighted by Gasteiger charge is 2.34. The van der Waals surface area contributed by atoms with Gasteiger partial charge in [-0.2, -0.15) is 11.3 Å². The molecule has 5 rings (SSSR count). The van der Waals surface area contributed by atoms with Crippen molar-refractivity contribution < 1.29 is 9.90 Å². The van der Waals surface area contributed by atoms with Gasteiger partial charge in [-0.05, 0) is 79.8 Å².